The minimum absolute atomic E-state index is 0.196. The topological polar surface area (TPSA) is 78.5 Å². The summed E-state index contributed by atoms with van der Waals surface area (Å²) in [4.78, 5) is 33.9. The molecule has 0 aliphatic carbocycles. The maximum absolute atomic E-state index is 13.1. The van der Waals surface area contributed by atoms with Crippen molar-refractivity contribution >= 4 is 33.7 Å². The van der Waals surface area contributed by atoms with E-state index in [1.54, 1.807) is 43.6 Å². The second kappa shape index (κ2) is 6.56. The summed E-state index contributed by atoms with van der Waals surface area (Å²) in [5, 5.41) is 0.484. The number of carbonyl (C=O) groups excluding carboxylic acids is 1. The second-order valence-electron chi connectivity index (χ2n) is 6.55. The Balaban J connectivity index is 1.67. The molecule has 0 N–H and O–H groups in total. The normalized spacial score (nSPS) is 11.3. The van der Waals surface area contributed by atoms with Crippen LogP contribution in [0.15, 0.2) is 71.8 Å². The van der Waals surface area contributed by atoms with Gasteiger partial charge in [0.05, 0.1) is 34.1 Å². The van der Waals surface area contributed by atoms with Crippen molar-refractivity contribution in [2.75, 3.05) is 6.61 Å². The fourth-order valence-electron chi connectivity index (χ4n) is 3.49. The molecular weight excluding hydrogens is 368 g/mol. The van der Waals surface area contributed by atoms with Crippen LogP contribution in [0.3, 0.4) is 0 Å². The molecule has 0 amide bonds. The van der Waals surface area contributed by atoms with Crippen molar-refractivity contribution in [2.24, 2.45) is 0 Å². The van der Waals surface area contributed by atoms with Gasteiger partial charge in [-0.15, -0.1) is 0 Å². The lowest BCUT2D eigenvalue weighted by atomic mass is 10.2. The zero-order valence-electron chi connectivity index (χ0n) is 15.6. The zero-order chi connectivity index (χ0) is 20.0. The molecule has 7 heteroatoms. The largest absolute Gasteiger partial charge is 0.462 e. The fraction of sp³-hybridized carbons (Fsp3) is 0.0909. The maximum atomic E-state index is 13.1. The molecule has 0 fully saturated rings. The van der Waals surface area contributed by atoms with Crippen molar-refractivity contribution in [3.63, 3.8) is 0 Å². The smallest absolute Gasteiger partial charge is 0.338 e. The summed E-state index contributed by atoms with van der Waals surface area (Å²) in [6, 6.07) is 16.3. The van der Waals surface area contributed by atoms with Crippen LogP contribution in [0.1, 0.15) is 17.3 Å². The van der Waals surface area contributed by atoms with Crippen LogP contribution in [0.4, 0.5) is 0 Å². The van der Waals surface area contributed by atoms with Crippen LogP contribution in [0.5, 0.6) is 0 Å². The third kappa shape index (κ3) is 2.67. The minimum Gasteiger partial charge on any atom is -0.462 e. The lowest BCUT2D eigenvalue weighted by Crippen LogP contribution is -2.18. The number of rotatable bonds is 3. The van der Waals surface area contributed by atoms with Gasteiger partial charge in [-0.2, -0.15) is 0 Å². The van der Waals surface area contributed by atoms with Crippen molar-refractivity contribution in [3.8, 4) is 5.69 Å². The van der Waals surface area contributed by atoms with Crippen molar-refractivity contribution in [2.45, 2.75) is 6.92 Å². The summed E-state index contributed by atoms with van der Waals surface area (Å²) in [5.41, 5.74) is 3.37. The second-order valence-corrected chi connectivity index (χ2v) is 6.55. The molecule has 0 radical (unpaired) electrons. The predicted octanol–water partition coefficient (Wildman–Crippen LogP) is 3.36. The molecule has 5 aromatic rings. The highest BCUT2D eigenvalue weighted by atomic mass is 16.5. The van der Waals surface area contributed by atoms with Gasteiger partial charge < -0.3 is 4.74 Å². The predicted molar refractivity (Wildman–Crippen MR) is 110 cm³/mol. The van der Waals surface area contributed by atoms with Gasteiger partial charge >= 0.3 is 5.97 Å². The molecule has 0 unspecified atom stereocenters. The molecule has 29 heavy (non-hydrogen) atoms. The van der Waals surface area contributed by atoms with Crippen molar-refractivity contribution in [1.29, 1.82) is 0 Å². The first kappa shape index (κ1) is 17.1. The van der Waals surface area contributed by atoms with Gasteiger partial charge in [0.1, 0.15) is 0 Å². The Morgan fingerprint density at radius 1 is 1.03 bits per heavy atom. The van der Waals surface area contributed by atoms with Gasteiger partial charge in [-0.1, -0.05) is 12.1 Å². The molecule has 0 saturated heterocycles. The molecule has 3 aromatic heterocycles. The number of ether oxygens (including phenoxy) is 1. The first-order valence-electron chi connectivity index (χ1n) is 9.22. The molecule has 3 heterocycles. The average molecular weight is 384 g/mol. The van der Waals surface area contributed by atoms with E-state index in [9.17, 15) is 9.59 Å². The number of imidazole rings is 1. The molecule has 0 aliphatic rings. The highest BCUT2D eigenvalue weighted by molar-refractivity contribution is 5.90. The number of hydrogen-bond acceptors (Lipinski definition) is 5. The number of carbonyl (C=O) groups is 1. The lowest BCUT2D eigenvalue weighted by molar-refractivity contribution is 0.0526. The number of aromatic nitrogens is 4. The van der Waals surface area contributed by atoms with Gasteiger partial charge in [0, 0.05) is 18.1 Å². The van der Waals surface area contributed by atoms with Crippen molar-refractivity contribution in [1.82, 2.24) is 18.9 Å². The SMILES string of the molecule is CCOC(=O)c1ccc(-n2ccc3c(cnc4nc5ccccc5n43)c2=O)cc1. The monoisotopic (exact) mass is 384 g/mol. The van der Waals surface area contributed by atoms with Gasteiger partial charge in [-0.3, -0.25) is 13.8 Å². The number of benzene rings is 2. The number of fused-ring (bicyclic) bond motifs is 5. The quantitative estimate of drug-likeness (QED) is 0.446. The van der Waals surface area contributed by atoms with Crippen molar-refractivity contribution in [3.05, 3.63) is 82.9 Å². The van der Waals surface area contributed by atoms with Crippen LogP contribution in [0, 0.1) is 0 Å². The van der Waals surface area contributed by atoms with Crippen LogP contribution < -0.4 is 5.56 Å². The van der Waals surface area contributed by atoms with E-state index in [1.165, 1.54) is 4.57 Å². The minimum atomic E-state index is -0.386. The summed E-state index contributed by atoms with van der Waals surface area (Å²) >= 11 is 0. The van der Waals surface area contributed by atoms with Gasteiger partial charge in [0.15, 0.2) is 0 Å². The lowest BCUT2D eigenvalue weighted by Gasteiger charge is -2.09. The van der Waals surface area contributed by atoms with E-state index >= 15 is 0 Å². The van der Waals surface area contributed by atoms with E-state index in [2.05, 4.69) is 9.97 Å². The number of pyridine rings is 1. The third-order valence-corrected chi connectivity index (χ3v) is 4.86. The molecule has 0 aliphatic heterocycles. The van der Waals surface area contributed by atoms with Gasteiger partial charge in [-0.05, 0) is 49.4 Å². The van der Waals surface area contributed by atoms with E-state index in [4.69, 9.17) is 4.74 Å². The number of hydrogen-bond donors (Lipinski definition) is 0. The molecule has 0 atom stereocenters. The highest BCUT2D eigenvalue weighted by Gasteiger charge is 2.13. The standard InChI is InChI=1S/C22H16N4O3/c1-2-29-21(28)14-7-9-15(10-8-14)25-12-11-18-16(20(25)27)13-23-22-24-17-5-3-4-6-19(17)26(18)22/h3-13H,2H2,1H3. The first-order valence-corrected chi connectivity index (χ1v) is 9.22. The van der Waals surface area contributed by atoms with E-state index in [0.717, 1.165) is 16.6 Å². The summed E-state index contributed by atoms with van der Waals surface area (Å²) in [6.45, 7) is 2.07. The van der Waals surface area contributed by atoms with Gasteiger partial charge in [0.25, 0.3) is 5.56 Å². The molecule has 0 saturated carbocycles. The van der Waals surface area contributed by atoms with Crippen molar-refractivity contribution < 1.29 is 9.53 Å². The first-order chi connectivity index (χ1) is 14.2. The van der Waals surface area contributed by atoms with Crippen LogP contribution in [-0.2, 0) is 4.74 Å². The van der Waals surface area contributed by atoms with Crippen LogP contribution in [0.25, 0.3) is 33.4 Å². The van der Waals surface area contributed by atoms with Crippen LogP contribution in [-0.4, -0.2) is 31.5 Å². The Morgan fingerprint density at radius 2 is 1.83 bits per heavy atom. The number of para-hydroxylation sites is 2. The maximum Gasteiger partial charge on any atom is 0.338 e. The summed E-state index contributed by atoms with van der Waals surface area (Å²) in [5.74, 6) is 0.165. The number of esters is 1. The van der Waals surface area contributed by atoms with Crippen LogP contribution in [0.2, 0.25) is 0 Å². The van der Waals surface area contributed by atoms with E-state index in [1.807, 2.05) is 34.7 Å². The summed E-state index contributed by atoms with van der Waals surface area (Å²) < 4.78 is 8.42. The molecule has 2 aromatic carbocycles. The molecule has 142 valence electrons. The summed E-state index contributed by atoms with van der Waals surface area (Å²) in [6.07, 6.45) is 3.28. The van der Waals surface area contributed by atoms with E-state index < -0.39 is 0 Å². The molecule has 7 nitrogen and oxygen atoms in total. The Bertz CT molecular complexity index is 1450. The fourth-order valence-corrected chi connectivity index (χ4v) is 3.49. The highest BCUT2D eigenvalue weighted by Crippen LogP contribution is 2.20. The zero-order valence-corrected chi connectivity index (χ0v) is 15.6. The third-order valence-electron chi connectivity index (χ3n) is 4.86. The Kier molecular flexibility index (Phi) is 3.87. The van der Waals surface area contributed by atoms with Gasteiger partial charge in [0.2, 0.25) is 5.78 Å². The molecule has 0 bridgehead atoms. The number of nitrogens with zero attached hydrogens (tertiary/aromatic N) is 4. The van der Waals surface area contributed by atoms with Gasteiger partial charge in [-0.25, -0.2) is 14.8 Å². The molecule has 0 spiro atoms. The molecular formula is C22H16N4O3. The van der Waals surface area contributed by atoms with E-state index in [-0.39, 0.29) is 11.5 Å². The molecule has 5 rings (SSSR count). The van der Waals surface area contributed by atoms with E-state index in [0.29, 0.717) is 29.0 Å². The summed E-state index contributed by atoms with van der Waals surface area (Å²) in [7, 11) is 0. The Morgan fingerprint density at radius 3 is 2.62 bits per heavy atom. The average Bonchev–Trinajstić information content (AvgIpc) is 3.13. The Hall–Kier alpha value is -4.00. The Labute approximate surface area is 164 Å². The van der Waals surface area contributed by atoms with Crippen LogP contribution >= 0.6 is 0 Å².